The summed E-state index contributed by atoms with van der Waals surface area (Å²) in [5.74, 6) is 1.62. The smallest absolute Gasteiger partial charge is 0.0991 e. The Kier molecular flexibility index (Phi) is 9.70. The lowest BCUT2D eigenvalue weighted by Gasteiger charge is -2.29. The van der Waals surface area contributed by atoms with Crippen LogP contribution in [0.2, 0.25) is 0 Å². The molecule has 1 aromatic rings. The Morgan fingerprint density at radius 1 is 1.36 bits per heavy atom. The molecule has 0 saturated heterocycles. The van der Waals surface area contributed by atoms with Gasteiger partial charge in [-0.15, -0.1) is 6.58 Å². The van der Waals surface area contributed by atoms with Crippen molar-refractivity contribution in [1.82, 2.24) is 5.32 Å². The van der Waals surface area contributed by atoms with Crippen molar-refractivity contribution in [2.24, 2.45) is 11.8 Å². The lowest BCUT2D eigenvalue weighted by Crippen LogP contribution is -2.26. The molecule has 2 rings (SSSR count). The molecule has 1 aromatic carbocycles. The van der Waals surface area contributed by atoms with Crippen molar-refractivity contribution in [1.29, 1.82) is 5.26 Å². The molecule has 0 radical (unpaired) electrons. The second-order valence-corrected chi connectivity index (χ2v) is 7.26. The summed E-state index contributed by atoms with van der Waals surface area (Å²) < 4.78 is 0. The van der Waals surface area contributed by atoms with Crippen LogP contribution in [0.25, 0.3) is 0 Å². The van der Waals surface area contributed by atoms with Crippen molar-refractivity contribution in [2.45, 2.75) is 59.3 Å². The van der Waals surface area contributed by atoms with E-state index in [4.69, 9.17) is 5.26 Å². The number of nitriles is 1. The molecule has 136 valence electrons. The summed E-state index contributed by atoms with van der Waals surface area (Å²) in [5, 5.41) is 12.4. The number of rotatable bonds is 6. The van der Waals surface area contributed by atoms with Crippen LogP contribution in [0.1, 0.15) is 62.6 Å². The van der Waals surface area contributed by atoms with E-state index in [1.807, 2.05) is 19.9 Å². The molecule has 1 aliphatic rings. The number of benzene rings is 1. The average molecular weight is 339 g/mol. The molecule has 25 heavy (non-hydrogen) atoms. The minimum atomic E-state index is 0.785. The third kappa shape index (κ3) is 8.07. The molecule has 0 bridgehead atoms. The maximum atomic E-state index is 9.04. The summed E-state index contributed by atoms with van der Waals surface area (Å²) in [7, 11) is 0. The van der Waals surface area contributed by atoms with Crippen LogP contribution in [-0.2, 0) is 6.42 Å². The normalized spacial score (nSPS) is 19.1. The van der Waals surface area contributed by atoms with Crippen molar-refractivity contribution in [2.75, 3.05) is 6.54 Å². The number of hydrogen-bond donors (Lipinski definition) is 1. The van der Waals surface area contributed by atoms with Crippen molar-refractivity contribution in [3.8, 4) is 6.07 Å². The summed E-state index contributed by atoms with van der Waals surface area (Å²) in [5.41, 5.74) is 4.52. The van der Waals surface area contributed by atoms with Gasteiger partial charge >= 0.3 is 0 Å². The fourth-order valence-electron chi connectivity index (χ4n) is 3.54. The van der Waals surface area contributed by atoms with Gasteiger partial charge in [0.25, 0.3) is 0 Å². The maximum absolute atomic E-state index is 9.04. The number of nitrogens with one attached hydrogen (secondary N) is 1. The molecule has 2 unspecified atom stereocenters. The highest BCUT2D eigenvalue weighted by atomic mass is 14.9. The van der Waals surface area contributed by atoms with Gasteiger partial charge in [0.05, 0.1) is 11.6 Å². The second-order valence-electron chi connectivity index (χ2n) is 7.26. The zero-order valence-corrected chi connectivity index (χ0v) is 16.3. The van der Waals surface area contributed by atoms with Crippen molar-refractivity contribution in [3.05, 3.63) is 59.8 Å². The minimum Gasteiger partial charge on any atom is -0.389 e. The first-order valence-electron chi connectivity index (χ1n) is 9.46. The van der Waals surface area contributed by atoms with Gasteiger partial charge in [-0.25, -0.2) is 0 Å². The van der Waals surface area contributed by atoms with E-state index in [2.05, 4.69) is 43.6 Å². The SMILES string of the molecule is C=C(C)NCC1CCCC(CCc2cc(C#N)ccc2C)C1.C=CC. The Bertz CT molecular complexity index is 595. The highest BCUT2D eigenvalue weighted by Gasteiger charge is 2.21. The molecule has 1 fully saturated rings. The Balaban J connectivity index is 0.000000970. The maximum Gasteiger partial charge on any atom is 0.0991 e. The third-order valence-corrected chi connectivity index (χ3v) is 4.88. The molecule has 0 spiro atoms. The summed E-state index contributed by atoms with van der Waals surface area (Å²) in [6.45, 7) is 14.4. The van der Waals surface area contributed by atoms with Crippen molar-refractivity contribution < 1.29 is 0 Å². The van der Waals surface area contributed by atoms with Crippen LogP contribution in [-0.4, -0.2) is 6.54 Å². The van der Waals surface area contributed by atoms with Crippen LogP contribution in [0.4, 0.5) is 0 Å². The van der Waals surface area contributed by atoms with E-state index in [1.165, 1.54) is 43.2 Å². The first kappa shape index (κ1) is 21.0. The molecule has 2 heteroatoms. The van der Waals surface area contributed by atoms with E-state index >= 15 is 0 Å². The van der Waals surface area contributed by atoms with E-state index in [0.29, 0.717) is 0 Å². The molecular weight excluding hydrogens is 304 g/mol. The summed E-state index contributed by atoms with van der Waals surface area (Å²) in [6, 6.07) is 8.31. The summed E-state index contributed by atoms with van der Waals surface area (Å²) in [6.07, 6.45) is 9.49. The summed E-state index contributed by atoms with van der Waals surface area (Å²) >= 11 is 0. The standard InChI is InChI=1S/C20H28N2.C3H6/c1-15(2)22-14-19-6-4-5-17(11-19)9-10-20-12-18(13-21)8-7-16(20)3;1-3-2/h7-8,12,17,19,22H,1,4-6,9-11,14H2,2-3H3;3H,1H2,2H3. The van der Waals surface area contributed by atoms with E-state index < -0.39 is 0 Å². The van der Waals surface area contributed by atoms with Crippen molar-refractivity contribution in [3.63, 3.8) is 0 Å². The number of allylic oxidation sites excluding steroid dienone is 2. The summed E-state index contributed by atoms with van der Waals surface area (Å²) in [4.78, 5) is 0. The zero-order valence-electron chi connectivity index (χ0n) is 16.3. The Labute approximate surface area is 154 Å². The van der Waals surface area contributed by atoms with E-state index in [-0.39, 0.29) is 0 Å². The third-order valence-electron chi connectivity index (χ3n) is 4.88. The molecule has 0 amide bonds. The molecule has 2 nitrogen and oxygen atoms in total. The predicted molar refractivity (Wildman–Crippen MR) is 108 cm³/mol. The molecule has 1 saturated carbocycles. The number of nitrogens with zero attached hydrogens (tertiary/aromatic N) is 1. The Hall–Kier alpha value is -2.01. The zero-order chi connectivity index (χ0) is 18.7. The van der Waals surface area contributed by atoms with Gasteiger partial charge in [-0.05, 0) is 81.5 Å². The van der Waals surface area contributed by atoms with Crippen LogP contribution in [0.15, 0.2) is 43.1 Å². The van der Waals surface area contributed by atoms with Crippen LogP contribution in [0.5, 0.6) is 0 Å². The van der Waals surface area contributed by atoms with E-state index in [1.54, 1.807) is 6.08 Å². The van der Waals surface area contributed by atoms with Crippen LogP contribution < -0.4 is 5.32 Å². The van der Waals surface area contributed by atoms with Gasteiger partial charge < -0.3 is 5.32 Å². The lowest BCUT2D eigenvalue weighted by atomic mass is 9.78. The van der Waals surface area contributed by atoms with Crippen LogP contribution in [0.3, 0.4) is 0 Å². The molecule has 1 aliphatic carbocycles. The Morgan fingerprint density at radius 2 is 2.04 bits per heavy atom. The van der Waals surface area contributed by atoms with Crippen molar-refractivity contribution >= 4 is 0 Å². The molecular formula is C23H34N2. The number of aryl methyl sites for hydroxylation is 2. The van der Waals surface area contributed by atoms with Crippen LogP contribution in [0, 0.1) is 30.1 Å². The van der Waals surface area contributed by atoms with Gasteiger partial charge in [-0.3, -0.25) is 0 Å². The van der Waals surface area contributed by atoms with Gasteiger partial charge in [-0.2, -0.15) is 5.26 Å². The van der Waals surface area contributed by atoms with Gasteiger partial charge in [0, 0.05) is 12.2 Å². The number of hydrogen-bond acceptors (Lipinski definition) is 2. The minimum absolute atomic E-state index is 0.785. The average Bonchev–Trinajstić information content (AvgIpc) is 2.60. The fraction of sp³-hybridized carbons (Fsp3) is 0.522. The second kappa shape index (κ2) is 11.5. The molecule has 0 heterocycles. The first-order valence-corrected chi connectivity index (χ1v) is 9.46. The molecule has 0 aliphatic heterocycles. The Morgan fingerprint density at radius 3 is 2.68 bits per heavy atom. The molecule has 1 N–H and O–H groups in total. The van der Waals surface area contributed by atoms with E-state index in [9.17, 15) is 0 Å². The quantitative estimate of drug-likeness (QED) is 0.653. The van der Waals surface area contributed by atoms with Crippen LogP contribution >= 0.6 is 0 Å². The van der Waals surface area contributed by atoms with Gasteiger partial charge in [-0.1, -0.05) is 31.6 Å². The fourth-order valence-corrected chi connectivity index (χ4v) is 3.54. The molecule has 2 atom stereocenters. The first-order chi connectivity index (χ1) is 12.0. The van der Waals surface area contributed by atoms with Gasteiger partial charge in [0.2, 0.25) is 0 Å². The lowest BCUT2D eigenvalue weighted by molar-refractivity contribution is 0.252. The van der Waals surface area contributed by atoms with Gasteiger partial charge in [0.1, 0.15) is 0 Å². The topological polar surface area (TPSA) is 35.8 Å². The molecule has 0 aromatic heterocycles. The highest BCUT2D eigenvalue weighted by molar-refractivity contribution is 5.37. The van der Waals surface area contributed by atoms with Gasteiger partial charge in [0.15, 0.2) is 0 Å². The predicted octanol–water partition coefficient (Wildman–Crippen LogP) is 5.92. The highest BCUT2D eigenvalue weighted by Crippen LogP contribution is 2.32. The van der Waals surface area contributed by atoms with E-state index in [0.717, 1.165) is 36.1 Å². The monoisotopic (exact) mass is 338 g/mol. The largest absolute Gasteiger partial charge is 0.389 e.